The zero-order valence-corrected chi connectivity index (χ0v) is 17.0. The third-order valence-corrected chi connectivity index (χ3v) is 4.22. The minimum Gasteiger partial charge on any atom is -0.493 e. The van der Waals surface area contributed by atoms with E-state index in [4.69, 9.17) is 9.47 Å². The molecule has 0 radical (unpaired) electrons. The summed E-state index contributed by atoms with van der Waals surface area (Å²) in [6, 6.07) is 11.3. The molecule has 0 saturated heterocycles. The maximum Gasteiger partial charge on any atom is 0.244 e. The van der Waals surface area contributed by atoms with Gasteiger partial charge in [-0.05, 0) is 41.8 Å². The van der Waals surface area contributed by atoms with Crippen molar-refractivity contribution in [3.63, 3.8) is 0 Å². The predicted octanol–water partition coefficient (Wildman–Crippen LogP) is 3.14. The molecule has 152 valence electrons. The van der Waals surface area contributed by atoms with Gasteiger partial charge >= 0.3 is 0 Å². The topological polar surface area (TPSA) is 77.8 Å². The lowest BCUT2D eigenvalue weighted by Crippen LogP contribution is -2.24. The molecule has 3 aromatic rings. The van der Waals surface area contributed by atoms with Crippen molar-refractivity contribution < 1.29 is 14.3 Å². The summed E-state index contributed by atoms with van der Waals surface area (Å²) in [5, 5.41) is 11.1. The van der Waals surface area contributed by atoms with E-state index in [1.54, 1.807) is 13.2 Å². The second-order valence-electron chi connectivity index (χ2n) is 7.03. The van der Waals surface area contributed by atoms with Crippen LogP contribution in [0.25, 0.3) is 11.7 Å². The van der Waals surface area contributed by atoms with Crippen molar-refractivity contribution in [3.8, 4) is 11.5 Å². The molecule has 0 atom stereocenters. The first-order valence-electron chi connectivity index (χ1n) is 9.62. The minimum absolute atomic E-state index is 0.169. The summed E-state index contributed by atoms with van der Waals surface area (Å²) >= 11 is 0. The highest BCUT2D eigenvalue weighted by Gasteiger charge is 2.07. The Labute approximate surface area is 170 Å². The molecule has 3 rings (SSSR count). The maximum absolute atomic E-state index is 12.1. The van der Waals surface area contributed by atoms with E-state index in [1.807, 2.05) is 47.0 Å². The molecular weight excluding hydrogens is 368 g/mol. The molecule has 1 N–H and O–H groups in total. The zero-order valence-electron chi connectivity index (χ0n) is 17.0. The van der Waals surface area contributed by atoms with Crippen molar-refractivity contribution in [3.05, 3.63) is 60.1 Å². The molecule has 0 aliphatic heterocycles. The largest absolute Gasteiger partial charge is 0.493 e. The Morgan fingerprint density at radius 3 is 2.86 bits per heavy atom. The van der Waals surface area contributed by atoms with Gasteiger partial charge in [0.25, 0.3) is 0 Å². The highest BCUT2D eigenvalue weighted by atomic mass is 16.5. The molecule has 1 amide bonds. The number of benzene rings is 1. The van der Waals surface area contributed by atoms with Crippen molar-refractivity contribution in [2.24, 2.45) is 5.92 Å². The Kier molecular flexibility index (Phi) is 6.84. The fourth-order valence-corrected chi connectivity index (χ4v) is 2.75. The average molecular weight is 394 g/mol. The van der Waals surface area contributed by atoms with Crippen LogP contribution in [0.3, 0.4) is 0 Å². The van der Waals surface area contributed by atoms with E-state index in [2.05, 4.69) is 29.4 Å². The summed E-state index contributed by atoms with van der Waals surface area (Å²) in [5.41, 5.74) is 1.65. The summed E-state index contributed by atoms with van der Waals surface area (Å²) in [7, 11) is 1.60. The first-order chi connectivity index (χ1) is 14.1. The van der Waals surface area contributed by atoms with Crippen LogP contribution < -0.4 is 14.8 Å². The summed E-state index contributed by atoms with van der Waals surface area (Å²) < 4.78 is 13.1. The molecule has 0 bridgehead atoms. The number of hydrogen-bond acceptors (Lipinski definition) is 5. The van der Waals surface area contributed by atoms with Crippen LogP contribution in [0.2, 0.25) is 0 Å². The minimum atomic E-state index is -0.169. The second-order valence-corrected chi connectivity index (χ2v) is 7.03. The number of aromatic nitrogens is 3. The van der Waals surface area contributed by atoms with E-state index < -0.39 is 0 Å². The molecule has 29 heavy (non-hydrogen) atoms. The van der Waals surface area contributed by atoms with E-state index in [0.717, 1.165) is 17.0 Å². The Bertz CT molecular complexity index is 995. The summed E-state index contributed by atoms with van der Waals surface area (Å²) in [5.74, 6) is 2.42. The average Bonchev–Trinajstić information content (AvgIpc) is 3.14. The van der Waals surface area contributed by atoms with Crippen LogP contribution in [-0.2, 0) is 11.2 Å². The van der Waals surface area contributed by atoms with E-state index in [0.29, 0.717) is 37.0 Å². The number of amides is 1. The monoisotopic (exact) mass is 394 g/mol. The van der Waals surface area contributed by atoms with Gasteiger partial charge in [0.1, 0.15) is 5.82 Å². The zero-order chi connectivity index (χ0) is 20.6. The summed E-state index contributed by atoms with van der Waals surface area (Å²) in [6.45, 7) is 5.28. The quantitative estimate of drug-likeness (QED) is 0.564. The van der Waals surface area contributed by atoms with Gasteiger partial charge in [0.15, 0.2) is 17.1 Å². The number of pyridine rings is 1. The maximum atomic E-state index is 12.1. The van der Waals surface area contributed by atoms with Gasteiger partial charge in [-0.25, -0.2) is 0 Å². The van der Waals surface area contributed by atoms with Crippen molar-refractivity contribution in [2.45, 2.75) is 20.3 Å². The molecule has 7 nitrogen and oxygen atoms in total. The predicted molar refractivity (Wildman–Crippen MR) is 112 cm³/mol. The van der Waals surface area contributed by atoms with Crippen LogP contribution in [-0.4, -0.2) is 40.8 Å². The van der Waals surface area contributed by atoms with Crippen LogP contribution in [0.15, 0.2) is 48.7 Å². The van der Waals surface area contributed by atoms with Crippen LogP contribution in [0.5, 0.6) is 11.5 Å². The Morgan fingerprint density at radius 2 is 2.07 bits per heavy atom. The van der Waals surface area contributed by atoms with Gasteiger partial charge in [0, 0.05) is 25.2 Å². The van der Waals surface area contributed by atoms with Crippen LogP contribution in [0.4, 0.5) is 0 Å². The lowest BCUT2D eigenvalue weighted by molar-refractivity contribution is -0.116. The molecule has 0 aliphatic rings. The Morgan fingerprint density at radius 1 is 1.21 bits per heavy atom. The molecule has 0 spiro atoms. The molecular formula is C22H26N4O3. The molecule has 0 unspecified atom stereocenters. The second kappa shape index (κ2) is 9.73. The van der Waals surface area contributed by atoms with Crippen LogP contribution in [0, 0.1) is 5.92 Å². The van der Waals surface area contributed by atoms with Gasteiger partial charge in [0.05, 0.1) is 13.7 Å². The van der Waals surface area contributed by atoms with Crippen molar-refractivity contribution in [2.75, 3.05) is 20.3 Å². The number of nitrogens with zero attached hydrogens (tertiary/aromatic N) is 3. The fourth-order valence-electron chi connectivity index (χ4n) is 2.75. The van der Waals surface area contributed by atoms with Crippen molar-refractivity contribution >= 4 is 17.6 Å². The number of rotatable bonds is 9. The number of carbonyl (C=O) groups excluding carboxylic acids is 1. The number of nitrogens with one attached hydrogen (secondary N) is 1. The van der Waals surface area contributed by atoms with E-state index >= 15 is 0 Å². The van der Waals surface area contributed by atoms with Crippen molar-refractivity contribution in [1.29, 1.82) is 0 Å². The normalized spacial score (nSPS) is 11.3. The van der Waals surface area contributed by atoms with Gasteiger partial charge in [-0.3, -0.25) is 9.20 Å². The number of carbonyl (C=O) groups is 1. The molecule has 0 fully saturated rings. The van der Waals surface area contributed by atoms with Gasteiger partial charge in [-0.15, -0.1) is 10.2 Å². The Hall–Kier alpha value is -3.35. The van der Waals surface area contributed by atoms with Crippen LogP contribution >= 0.6 is 0 Å². The summed E-state index contributed by atoms with van der Waals surface area (Å²) in [4.78, 5) is 12.1. The number of ether oxygens (including phenoxy) is 2. The van der Waals surface area contributed by atoms with Gasteiger partial charge in [-0.1, -0.05) is 26.0 Å². The highest BCUT2D eigenvalue weighted by molar-refractivity contribution is 5.91. The van der Waals surface area contributed by atoms with Crippen molar-refractivity contribution in [1.82, 2.24) is 19.9 Å². The third-order valence-electron chi connectivity index (χ3n) is 4.22. The number of fused-ring (bicyclic) bond motifs is 1. The number of hydrogen-bond donors (Lipinski definition) is 1. The molecule has 0 aliphatic carbocycles. The molecule has 2 aromatic heterocycles. The SMILES string of the molecule is COc1cc(/C=C/C(=O)NCCc2nnc3ccccn23)ccc1OCC(C)C. The molecule has 2 heterocycles. The van der Waals surface area contributed by atoms with E-state index in [-0.39, 0.29) is 5.91 Å². The lowest BCUT2D eigenvalue weighted by Gasteiger charge is -2.12. The number of methoxy groups -OCH3 is 1. The first kappa shape index (κ1) is 20.4. The highest BCUT2D eigenvalue weighted by Crippen LogP contribution is 2.28. The standard InChI is InChI=1S/C22H26N4O3/c1-16(2)15-29-18-9-7-17(14-19(18)28-3)8-10-22(27)23-12-11-21-25-24-20-6-4-5-13-26(20)21/h4-10,13-14,16H,11-12,15H2,1-3H3,(H,23,27)/b10-8+. The third kappa shape index (κ3) is 5.57. The lowest BCUT2D eigenvalue weighted by atomic mass is 10.2. The van der Waals surface area contributed by atoms with Gasteiger partial charge in [-0.2, -0.15) is 0 Å². The molecule has 0 saturated carbocycles. The van der Waals surface area contributed by atoms with E-state index in [1.165, 1.54) is 6.08 Å². The fraction of sp³-hybridized carbons (Fsp3) is 0.318. The Balaban J connectivity index is 1.53. The van der Waals surface area contributed by atoms with Gasteiger partial charge in [0.2, 0.25) is 5.91 Å². The van der Waals surface area contributed by atoms with Gasteiger partial charge < -0.3 is 14.8 Å². The molecule has 7 heteroatoms. The smallest absolute Gasteiger partial charge is 0.244 e. The van der Waals surface area contributed by atoms with E-state index in [9.17, 15) is 4.79 Å². The van der Waals surface area contributed by atoms with Crippen LogP contribution in [0.1, 0.15) is 25.2 Å². The summed E-state index contributed by atoms with van der Waals surface area (Å²) in [6.07, 6.45) is 5.76. The molecule has 1 aromatic carbocycles. The first-order valence-corrected chi connectivity index (χ1v) is 9.62.